The fourth-order valence-electron chi connectivity index (χ4n) is 5.69. The lowest BCUT2D eigenvalue weighted by Crippen LogP contribution is -2.47. The van der Waals surface area contributed by atoms with Gasteiger partial charge in [0.2, 0.25) is 5.91 Å². The molecule has 0 N–H and O–H groups in total. The molecule has 4 aliphatic rings. The minimum Gasteiger partial charge on any atom is -0.494 e. The summed E-state index contributed by atoms with van der Waals surface area (Å²) in [6.07, 6.45) is 6.67. The Hall–Kier alpha value is -1.63. The molecule has 0 bridgehead atoms. The third kappa shape index (κ3) is 3.78. The van der Waals surface area contributed by atoms with Gasteiger partial charge in [-0.15, -0.1) is 0 Å². The molecule has 6 nitrogen and oxygen atoms in total. The molecule has 1 amide bonds. The van der Waals surface area contributed by atoms with E-state index in [0.29, 0.717) is 13.0 Å². The Balaban J connectivity index is 1.14. The van der Waals surface area contributed by atoms with Gasteiger partial charge in [0.05, 0.1) is 19.3 Å². The van der Waals surface area contributed by atoms with Gasteiger partial charge in [-0.1, -0.05) is 18.6 Å². The molecule has 0 saturated carbocycles. The number of likely N-dealkylation sites (tertiary alicyclic amines) is 2. The summed E-state index contributed by atoms with van der Waals surface area (Å²) < 4.78 is 12.1. The van der Waals surface area contributed by atoms with Gasteiger partial charge in [0.25, 0.3) is 0 Å². The zero-order valence-corrected chi connectivity index (χ0v) is 17.4. The van der Waals surface area contributed by atoms with E-state index in [1.807, 2.05) is 4.90 Å². The maximum Gasteiger partial charge on any atom is 0.226 e. The van der Waals surface area contributed by atoms with Crippen molar-refractivity contribution in [2.75, 3.05) is 45.9 Å². The van der Waals surface area contributed by atoms with Gasteiger partial charge >= 0.3 is 0 Å². The number of piperidine rings is 1. The molecule has 29 heavy (non-hydrogen) atoms. The molecule has 0 radical (unpaired) electrons. The topological polar surface area (TPSA) is 45.3 Å². The molecular weight excluding hydrogens is 366 g/mol. The molecule has 2 atom stereocenters. The number of carbonyl (C=O) groups is 1. The first kappa shape index (κ1) is 19.3. The molecule has 4 saturated heterocycles. The van der Waals surface area contributed by atoms with Crippen LogP contribution in [0, 0.1) is 0 Å². The number of benzene rings is 1. The maximum atomic E-state index is 12.4. The van der Waals surface area contributed by atoms with Gasteiger partial charge in [0.1, 0.15) is 5.75 Å². The smallest absolute Gasteiger partial charge is 0.226 e. The van der Waals surface area contributed by atoms with Gasteiger partial charge in [0, 0.05) is 39.0 Å². The molecule has 4 fully saturated rings. The van der Waals surface area contributed by atoms with Crippen LogP contribution in [0.25, 0.3) is 0 Å². The first-order valence-corrected chi connectivity index (χ1v) is 11.4. The molecule has 6 heteroatoms. The molecule has 1 spiro atoms. The monoisotopic (exact) mass is 399 g/mol. The zero-order valence-electron chi connectivity index (χ0n) is 17.4. The standard InChI is InChI=1S/C23H33N3O3/c27-22-17-21-23(26(22)13-15-29-23)8-12-25(21)18-19-6-4-7-20(16-19)28-14-5-11-24-9-2-1-3-10-24/h4,6-7,16,21H,1-3,5,8-15,17-18H2/t21-,23+/m1/s1. The number of hydrogen-bond acceptors (Lipinski definition) is 5. The summed E-state index contributed by atoms with van der Waals surface area (Å²) in [7, 11) is 0. The number of amides is 1. The van der Waals surface area contributed by atoms with Crippen LogP contribution in [0.3, 0.4) is 0 Å². The van der Waals surface area contributed by atoms with Crippen molar-refractivity contribution in [2.24, 2.45) is 0 Å². The molecule has 5 rings (SSSR count). The average Bonchev–Trinajstić information content (AvgIpc) is 3.39. The lowest BCUT2D eigenvalue weighted by atomic mass is 10.1. The predicted molar refractivity (Wildman–Crippen MR) is 111 cm³/mol. The number of carbonyl (C=O) groups excluding carboxylic acids is 1. The molecule has 1 aromatic rings. The number of hydrogen-bond donors (Lipinski definition) is 0. The van der Waals surface area contributed by atoms with Crippen LogP contribution >= 0.6 is 0 Å². The van der Waals surface area contributed by atoms with Crippen LogP contribution in [0.5, 0.6) is 5.75 Å². The Morgan fingerprint density at radius 3 is 2.93 bits per heavy atom. The van der Waals surface area contributed by atoms with Crippen molar-refractivity contribution < 1.29 is 14.3 Å². The van der Waals surface area contributed by atoms with Crippen LogP contribution in [-0.4, -0.2) is 78.3 Å². The second kappa shape index (κ2) is 8.25. The quantitative estimate of drug-likeness (QED) is 0.659. The summed E-state index contributed by atoms with van der Waals surface area (Å²) in [5, 5.41) is 0. The lowest BCUT2D eigenvalue weighted by molar-refractivity contribution is -0.136. The summed E-state index contributed by atoms with van der Waals surface area (Å²) in [6.45, 7) is 7.67. The fourth-order valence-corrected chi connectivity index (χ4v) is 5.69. The van der Waals surface area contributed by atoms with E-state index in [9.17, 15) is 4.79 Å². The Morgan fingerprint density at radius 1 is 1.14 bits per heavy atom. The van der Waals surface area contributed by atoms with E-state index in [1.54, 1.807) is 0 Å². The summed E-state index contributed by atoms with van der Waals surface area (Å²) in [6, 6.07) is 8.65. The first-order valence-electron chi connectivity index (χ1n) is 11.4. The van der Waals surface area contributed by atoms with Gasteiger partial charge in [-0.3, -0.25) is 9.69 Å². The second-order valence-electron chi connectivity index (χ2n) is 8.93. The maximum absolute atomic E-state index is 12.4. The van der Waals surface area contributed by atoms with Gasteiger partial charge in [0.15, 0.2) is 5.72 Å². The normalized spacial score (nSPS) is 30.0. The summed E-state index contributed by atoms with van der Waals surface area (Å²) >= 11 is 0. The molecule has 1 aromatic carbocycles. The van der Waals surface area contributed by atoms with Crippen molar-refractivity contribution in [3.05, 3.63) is 29.8 Å². The van der Waals surface area contributed by atoms with E-state index in [1.165, 1.54) is 37.9 Å². The summed E-state index contributed by atoms with van der Waals surface area (Å²) in [5.74, 6) is 1.21. The van der Waals surface area contributed by atoms with Crippen LogP contribution in [0.4, 0.5) is 0 Å². The van der Waals surface area contributed by atoms with Gasteiger partial charge in [-0.05, 0) is 50.0 Å². The first-order chi connectivity index (χ1) is 14.2. The Labute approximate surface area is 173 Å². The Kier molecular flexibility index (Phi) is 5.50. The summed E-state index contributed by atoms with van der Waals surface area (Å²) in [5.41, 5.74) is 0.902. The van der Waals surface area contributed by atoms with Crippen molar-refractivity contribution >= 4 is 5.91 Å². The molecular formula is C23H33N3O3. The third-order valence-corrected chi connectivity index (χ3v) is 7.13. The van der Waals surface area contributed by atoms with Crippen molar-refractivity contribution in [1.29, 1.82) is 0 Å². The molecule has 0 aromatic heterocycles. The van der Waals surface area contributed by atoms with E-state index in [2.05, 4.69) is 34.1 Å². The minimum absolute atomic E-state index is 0.187. The highest BCUT2D eigenvalue weighted by Gasteiger charge is 2.61. The van der Waals surface area contributed by atoms with E-state index >= 15 is 0 Å². The van der Waals surface area contributed by atoms with E-state index in [0.717, 1.165) is 51.4 Å². The van der Waals surface area contributed by atoms with Gasteiger partial charge in [-0.25, -0.2) is 0 Å². The number of rotatable bonds is 7. The molecule has 0 aliphatic carbocycles. The highest BCUT2D eigenvalue weighted by molar-refractivity contribution is 5.81. The highest BCUT2D eigenvalue weighted by Crippen LogP contribution is 2.45. The second-order valence-corrected chi connectivity index (χ2v) is 8.93. The van der Waals surface area contributed by atoms with Gasteiger partial charge < -0.3 is 19.3 Å². The highest BCUT2D eigenvalue weighted by atomic mass is 16.5. The van der Waals surface area contributed by atoms with Crippen molar-refractivity contribution in [1.82, 2.24) is 14.7 Å². The average molecular weight is 400 g/mol. The lowest BCUT2D eigenvalue weighted by Gasteiger charge is -2.31. The van der Waals surface area contributed by atoms with Crippen LogP contribution < -0.4 is 4.74 Å². The molecule has 4 aliphatic heterocycles. The van der Waals surface area contributed by atoms with Crippen LogP contribution in [0.1, 0.15) is 44.1 Å². The van der Waals surface area contributed by atoms with Crippen molar-refractivity contribution in [3.63, 3.8) is 0 Å². The Morgan fingerprint density at radius 2 is 2.03 bits per heavy atom. The fraction of sp³-hybridized carbons (Fsp3) is 0.696. The van der Waals surface area contributed by atoms with E-state index in [4.69, 9.17) is 9.47 Å². The molecule has 158 valence electrons. The van der Waals surface area contributed by atoms with Crippen LogP contribution in [-0.2, 0) is 16.1 Å². The third-order valence-electron chi connectivity index (χ3n) is 7.13. The molecule has 4 heterocycles. The minimum atomic E-state index is -0.348. The molecule has 0 unspecified atom stereocenters. The SMILES string of the molecule is O=C1C[C@H]2N(Cc3cccc(OCCCN4CCCCC4)c3)CC[C@]23OCCN13. The summed E-state index contributed by atoms with van der Waals surface area (Å²) in [4.78, 5) is 19.3. The van der Waals surface area contributed by atoms with Crippen LogP contribution in [0.2, 0.25) is 0 Å². The number of ether oxygens (including phenoxy) is 2. The van der Waals surface area contributed by atoms with E-state index in [-0.39, 0.29) is 17.7 Å². The number of nitrogens with zero attached hydrogens (tertiary/aromatic N) is 3. The largest absolute Gasteiger partial charge is 0.494 e. The zero-order chi connectivity index (χ0) is 19.7. The van der Waals surface area contributed by atoms with Gasteiger partial charge in [-0.2, -0.15) is 0 Å². The van der Waals surface area contributed by atoms with Crippen molar-refractivity contribution in [2.45, 2.75) is 56.8 Å². The Bertz CT molecular complexity index is 736. The van der Waals surface area contributed by atoms with Crippen LogP contribution in [0.15, 0.2) is 24.3 Å². The van der Waals surface area contributed by atoms with Crippen molar-refractivity contribution in [3.8, 4) is 5.75 Å². The predicted octanol–water partition coefficient (Wildman–Crippen LogP) is 2.47. The van der Waals surface area contributed by atoms with E-state index < -0.39 is 0 Å².